The molecule has 3 rings (SSSR count). The van der Waals surface area contributed by atoms with Gasteiger partial charge in [0.1, 0.15) is 5.69 Å². The number of pyridine rings is 1. The highest BCUT2D eigenvalue weighted by Gasteiger charge is 2.19. The molecule has 1 aromatic carbocycles. The van der Waals surface area contributed by atoms with Crippen molar-refractivity contribution in [1.82, 2.24) is 10.1 Å². The predicted molar refractivity (Wildman–Crippen MR) is 79.3 cm³/mol. The van der Waals surface area contributed by atoms with E-state index in [9.17, 15) is 0 Å². The minimum atomic E-state index is 0.248. The fourth-order valence-electron chi connectivity index (χ4n) is 2.09. The molecule has 0 aliphatic rings. The van der Waals surface area contributed by atoms with E-state index in [1.54, 1.807) is 6.20 Å². The summed E-state index contributed by atoms with van der Waals surface area (Å²) in [5.41, 5.74) is 9.89. The van der Waals surface area contributed by atoms with Crippen molar-refractivity contribution in [2.24, 2.45) is 0 Å². The summed E-state index contributed by atoms with van der Waals surface area (Å²) in [7, 11) is 0. The number of aromatic nitrogens is 2. The normalized spacial score (nSPS) is 10.7. The van der Waals surface area contributed by atoms with Crippen molar-refractivity contribution >= 4 is 17.5 Å². The van der Waals surface area contributed by atoms with Crippen molar-refractivity contribution in [1.29, 1.82) is 0 Å². The Morgan fingerprint density at radius 3 is 2.80 bits per heavy atom. The number of anilines is 1. The number of nitrogens with zero attached hydrogens (tertiary/aromatic N) is 2. The zero-order chi connectivity index (χ0) is 14.1. The van der Waals surface area contributed by atoms with Crippen molar-refractivity contribution < 1.29 is 4.52 Å². The number of halogens is 1. The van der Waals surface area contributed by atoms with Crippen molar-refractivity contribution in [2.45, 2.75) is 6.92 Å². The number of rotatable bonds is 2. The van der Waals surface area contributed by atoms with E-state index in [0.717, 1.165) is 16.8 Å². The third kappa shape index (κ3) is 2.14. The first-order valence-electron chi connectivity index (χ1n) is 6.10. The van der Waals surface area contributed by atoms with Crippen LogP contribution in [0.5, 0.6) is 0 Å². The molecule has 4 nitrogen and oxygen atoms in total. The van der Waals surface area contributed by atoms with Gasteiger partial charge in [0.25, 0.3) is 0 Å². The summed E-state index contributed by atoms with van der Waals surface area (Å²) in [5, 5.41) is 4.70. The van der Waals surface area contributed by atoms with Gasteiger partial charge in [-0.3, -0.25) is 4.98 Å². The maximum atomic E-state index is 6.07. The second-order valence-corrected chi connectivity index (χ2v) is 4.88. The summed E-state index contributed by atoms with van der Waals surface area (Å²) < 4.78 is 5.14. The summed E-state index contributed by atoms with van der Waals surface area (Å²) in [6, 6.07) is 11.2. The van der Waals surface area contributed by atoms with Gasteiger partial charge >= 0.3 is 0 Å². The lowest BCUT2D eigenvalue weighted by Crippen LogP contribution is -1.91. The summed E-state index contributed by atoms with van der Waals surface area (Å²) in [5.74, 6) is 0.248. The number of benzene rings is 1. The Morgan fingerprint density at radius 1 is 1.20 bits per heavy atom. The molecular weight excluding hydrogens is 274 g/mol. The minimum Gasteiger partial charge on any atom is -0.367 e. The molecule has 100 valence electrons. The summed E-state index contributed by atoms with van der Waals surface area (Å²) >= 11 is 6.07. The first-order valence-corrected chi connectivity index (χ1v) is 6.47. The fourth-order valence-corrected chi connectivity index (χ4v) is 2.27. The average Bonchev–Trinajstić information content (AvgIpc) is 2.84. The molecule has 2 aromatic heterocycles. The van der Waals surface area contributed by atoms with Gasteiger partial charge < -0.3 is 10.3 Å². The molecule has 2 N–H and O–H groups in total. The van der Waals surface area contributed by atoms with Gasteiger partial charge in [-0.2, -0.15) is 0 Å². The quantitative estimate of drug-likeness (QED) is 0.774. The molecule has 3 aromatic rings. The van der Waals surface area contributed by atoms with Crippen LogP contribution in [0.3, 0.4) is 0 Å². The number of hydrogen-bond acceptors (Lipinski definition) is 4. The Morgan fingerprint density at radius 2 is 2.05 bits per heavy atom. The summed E-state index contributed by atoms with van der Waals surface area (Å²) in [6.45, 7) is 1.98. The number of nitrogen functional groups attached to an aromatic ring is 1. The highest BCUT2D eigenvalue weighted by Crippen LogP contribution is 2.37. The van der Waals surface area contributed by atoms with E-state index >= 15 is 0 Å². The molecule has 20 heavy (non-hydrogen) atoms. The lowest BCUT2D eigenvalue weighted by Gasteiger charge is -2.05. The Bertz CT molecular complexity index is 753. The van der Waals surface area contributed by atoms with E-state index in [1.165, 1.54) is 0 Å². The van der Waals surface area contributed by atoms with Crippen LogP contribution in [-0.2, 0) is 0 Å². The minimum absolute atomic E-state index is 0.248. The van der Waals surface area contributed by atoms with Crippen LogP contribution in [0.2, 0.25) is 5.02 Å². The highest BCUT2D eigenvalue weighted by atomic mass is 35.5. The molecule has 0 aliphatic heterocycles. The van der Waals surface area contributed by atoms with Crippen LogP contribution in [0.1, 0.15) is 5.56 Å². The zero-order valence-corrected chi connectivity index (χ0v) is 11.6. The maximum absolute atomic E-state index is 6.07. The Hall–Kier alpha value is -2.33. The molecule has 0 atom stereocenters. The van der Waals surface area contributed by atoms with Gasteiger partial charge in [-0.1, -0.05) is 28.9 Å². The monoisotopic (exact) mass is 285 g/mol. The number of nitrogens with two attached hydrogens (primary N) is 1. The Balaban J connectivity index is 2.24. The van der Waals surface area contributed by atoms with Gasteiger partial charge in [-0.25, -0.2) is 0 Å². The molecule has 5 heteroatoms. The molecule has 0 saturated carbocycles. The van der Waals surface area contributed by atoms with Crippen LogP contribution >= 0.6 is 11.6 Å². The van der Waals surface area contributed by atoms with Crippen LogP contribution in [0.4, 0.5) is 5.88 Å². The van der Waals surface area contributed by atoms with E-state index in [2.05, 4.69) is 10.1 Å². The van der Waals surface area contributed by atoms with Crippen molar-refractivity contribution in [2.75, 3.05) is 5.73 Å². The van der Waals surface area contributed by atoms with Gasteiger partial charge in [0.05, 0.1) is 11.3 Å². The second-order valence-electron chi connectivity index (χ2n) is 4.44. The second kappa shape index (κ2) is 4.98. The van der Waals surface area contributed by atoms with Gasteiger partial charge in [-0.05, 0) is 36.8 Å². The topological polar surface area (TPSA) is 64.9 Å². The molecule has 0 radical (unpaired) electrons. The summed E-state index contributed by atoms with van der Waals surface area (Å²) in [6.07, 6.45) is 1.70. The van der Waals surface area contributed by atoms with Crippen molar-refractivity contribution in [3.8, 4) is 22.5 Å². The van der Waals surface area contributed by atoms with Gasteiger partial charge in [0.2, 0.25) is 5.88 Å². The van der Waals surface area contributed by atoms with Gasteiger partial charge in [0.15, 0.2) is 0 Å². The number of hydrogen-bond donors (Lipinski definition) is 1. The van der Waals surface area contributed by atoms with Gasteiger partial charge in [-0.15, -0.1) is 0 Å². The molecule has 0 aliphatic carbocycles. The molecular formula is C15H12ClN3O. The molecule has 0 amide bonds. The molecule has 0 saturated heterocycles. The smallest absolute Gasteiger partial charge is 0.232 e. The van der Waals surface area contributed by atoms with Crippen molar-refractivity contribution in [3.63, 3.8) is 0 Å². The van der Waals surface area contributed by atoms with Crippen molar-refractivity contribution in [3.05, 3.63) is 53.2 Å². The molecule has 0 bridgehead atoms. The largest absolute Gasteiger partial charge is 0.367 e. The SMILES string of the molecule is Cc1ccc(Cl)cc1-c1noc(N)c1-c1ccccn1. The van der Waals surface area contributed by atoms with E-state index in [0.29, 0.717) is 16.3 Å². The first kappa shape index (κ1) is 12.7. The van der Waals surface area contributed by atoms with E-state index in [-0.39, 0.29) is 5.88 Å². The third-order valence-electron chi connectivity index (χ3n) is 3.09. The first-order chi connectivity index (χ1) is 9.66. The van der Waals surface area contributed by atoms with Crippen LogP contribution in [0.25, 0.3) is 22.5 Å². The average molecular weight is 286 g/mol. The fraction of sp³-hybridized carbons (Fsp3) is 0.0667. The van der Waals surface area contributed by atoms with Crippen LogP contribution in [0.15, 0.2) is 47.1 Å². The Kier molecular flexibility index (Phi) is 3.16. The number of aryl methyl sites for hydroxylation is 1. The molecule has 0 spiro atoms. The molecule has 0 fully saturated rings. The zero-order valence-electron chi connectivity index (χ0n) is 10.8. The van der Waals surface area contributed by atoms with Crippen LogP contribution in [0, 0.1) is 6.92 Å². The standard InChI is InChI=1S/C15H12ClN3O/c1-9-5-6-10(16)8-11(9)14-13(15(17)20-19-14)12-4-2-3-7-18-12/h2-8H,17H2,1H3. The van der Waals surface area contributed by atoms with Crippen LogP contribution in [-0.4, -0.2) is 10.1 Å². The van der Waals surface area contributed by atoms with Crippen LogP contribution < -0.4 is 5.73 Å². The highest BCUT2D eigenvalue weighted by molar-refractivity contribution is 6.30. The molecule has 2 heterocycles. The predicted octanol–water partition coefficient (Wildman–Crippen LogP) is 3.95. The third-order valence-corrected chi connectivity index (χ3v) is 3.33. The summed E-state index contributed by atoms with van der Waals surface area (Å²) in [4.78, 5) is 4.31. The van der Waals surface area contributed by atoms with E-state index in [4.69, 9.17) is 21.9 Å². The maximum Gasteiger partial charge on any atom is 0.232 e. The van der Waals surface area contributed by atoms with E-state index in [1.807, 2.05) is 43.3 Å². The lowest BCUT2D eigenvalue weighted by molar-refractivity contribution is 0.439. The lowest BCUT2D eigenvalue weighted by atomic mass is 10.0. The van der Waals surface area contributed by atoms with E-state index < -0.39 is 0 Å². The molecule has 0 unspecified atom stereocenters. The van der Waals surface area contributed by atoms with Gasteiger partial charge in [0, 0.05) is 16.8 Å². The Labute approximate surface area is 121 Å².